The van der Waals surface area contributed by atoms with E-state index in [9.17, 15) is 9.59 Å². The number of para-hydroxylation sites is 2. The second kappa shape index (κ2) is 9.14. The average Bonchev–Trinajstić information content (AvgIpc) is 3.42. The Morgan fingerprint density at radius 2 is 2.03 bits per heavy atom. The number of ether oxygens (including phenoxy) is 2. The fourth-order valence-electron chi connectivity index (χ4n) is 3.47. The number of hydrogen-bond acceptors (Lipinski definition) is 5. The molecule has 0 bridgehead atoms. The number of carbonyl (C=O) groups excluding carboxylic acids is 2. The maximum absolute atomic E-state index is 13.3. The van der Waals surface area contributed by atoms with Crippen LogP contribution in [0.2, 0.25) is 5.02 Å². The van der Waals surface area contributed by atoms with Gasteiger partial charge >= 0.3 is 0 Å². The molecule has 2 amide bonds. The molecule has 1 atom stereocenters. The van der Waals surface area contributed by atoms with E-state index in [-0.39, 0.29) is 24.9 Å². The number of nitrogens with one attached hydrogen (secondary N) is 1. The lowest BCUT2D eigenvalue weighted by molar-refractivity contribution is -0.141. The molecule has 160 valence electrons. The number of furan rings is 1. The highest BCUT2D eigenvalue weighted by atomic mass is 35.5. The minimum absolute atomic E-state index is 0.141. The van der Waals surface area contributed by atoms with Crippen molar-refractivity contribution in [1.29, 1.82) is 0 Å². The van der Waals surface area contributed by atoms with Crippen LogP contribution >= 0.6 is 11.6 Å². The summed E-state index contributed by atoms with van der Waals surface area (Å²) in [4.78, 5) is 27.4. The van der Waals surface area contributed by atoms with Crippen LogP contribution in [-0.4, -0.2) is 36.5 Å². The van der Waals surface area contributed by atoms with E-state index in [4.69, 9.17) is 25.5 Å². The van der Waals surface area contributed by atoms with E-state index >= 15 is 0 Å². The Morgan fingerprint density at radius 1 is 1.19 bits per heavy atom. The number of amides is 2. The first-order valence-electron chi connectivity index (χ1n) is 9.72. The zero-order valence-corrected chi connectivity index (χ0v) is 17.6. The smallest absolute Gasteiger partial charge is 0.264 e. The summed E-state index contributed by atoms with van der Waals surface area (Å²) in [5.41, 5.74) is 1.39. The molecule has 31 heavy (non-hydrogen) atoms. The van der Waals surface area contributed by atoms with Crippen LogP contribution in [0.15, 0.2) is 65.3 Å². The number of carbonyl (C=O) groups is 2. The maximum Gasteiger partial charge on any atom is 0.264 e. The number of anilines is 1. The lowest BCUT2D eigenvalue weighted by Gasteiger charge is -2.24. The van der Waals surface area contributed by atoms with Crippen LogP contribution < -0.4 is 14.8 Å². The SMILES string of the molecule is COc1ccccc1NC(=O)CN(Cc1ccco1)C(=O)[C@@H]1Cc2cc(Cl)ccc2O1. The second-order valence-electron chi connectivity index (χ2n) is 7.08. The van der Waals surface area contributed by atoms with Crippen molar-refractivity contribution in [2.45, 2.75) is 19.1 Å². The molecule has 0 aliphatic carbocycles. The maximum atomic E-state index is 13.3. The van der Waals surface area contributed by atoms with Gasteiger partial charge in [0.2, 0.25) is 5.91 Å². The highest BCUT2D eigenvalue weighted by Crippen LogP contribution is 2.32. The molecule has 0 saturated heterocycles. The van der Waals surface area contributed by atoms with E-state index in [1.165, 1.54) is 18.3 Å². The molecule has 1 aliphatic heterocycles. The van der Waals surface area contributed by atoms with Crippen molar-refractivity contribution < 1.29 is 23.5 Å². The highest BCUT2D eigenvalue weighted by Gasteiger charge is 2.33. The number of methoxy groups -OCH3 is 1. The Bertz CT molecular complexity index is 1080. The first kappa shape index (κ1) is 20.8. The molecule has 1 aromatic heterocycles. The summed E-state index contributed by atoms with van der Waals surface area (Å²) < 4.78 is 16.5. The van der Waals surface area contributed by atoms with Gasteiger partial charge in [0.25, 0.3) is 5.91 Å². The van der Waals surface area contributed by atoms with E-state index < -0.39 is 6.10 Å². The molecule has 2 aromatic carbocycles. The highest BCUT2D eigenvalue weighted by molar-refractivity contribution is 6.30. The molecule has 0 radical (unpaired) electrons. The van der Waals surface area contributed by atoms with E-state index in [1.807, 2.05) is 6.07 Å². The van der Waals surface area contributed by atoms with Gasteiger partial charge in [-0.1, -0.05) is 23.7 Å². The Hall–Kier alpha value is -3.45. The quantitative estimate of drug-likeness (QED) is 0.602. The topological polar surface area (TPSA) is 81.0 Å². The Kier molecular flexibility index (Phi) is 6.13. The third kappa shape index (κ3) is 4.83. The zero-order chi connectivity index (χ0) is 21.8. The van der Waals surface area contributed by atoms with Gasteiger partial charge in [0.1, 0.15) is 23.8 Å². The van der Waals surface area contributed by atoms with Crippen LogP contribution in [0.3, 0.4) is 0 Å². The van der Waals surface area contributed by atoms with Gasteiger partial charge in [-0.2, -0.15) is 0 Å². The molecule has 0 fully saturated rings. The Balaban J connectivity index is 1.49. The Labute approximate surface area is 184 Å². The molecular weight excluding hydrogens is 420 g/mol. The van der Waals surface area contributed by atoms with Crippen LogP contribution in [-0.2, 0) is 22.6 Å². The average molecular weight is 441 g/mol. The summed E-state index contributed by atoms with van der Waals surface area (Å²) in [5.74, 6) is 1.06. The molecular formula is C23H21ClN2O5. The summed E-state index contributed by atoms with van der Waals surface area (Å²) in [6.07, 6.45) is 1.18. The fraction of sp³-hybridized carbons (Fsp3) is 0.217. The summed E-state index contributed by atoms with van der Waals surface area (Å²) >= 11 is 6.05. The molecule has 8 heteroatoms. The van der Waals surface area contributed by atoms with E-state index in [2.05, 4.69) is 5.32 Å². The molecule has 1 N–H and O–H groups in total. The first-order chi connectivity index (χ1) is 15.0. The van der Waals surface area contributed by atoms with E-state index in [0.717, 1.165) is 5.56 Å². The molecule has 0 spiro atoms. The first-order valence-corrected chi connectivity index (χ1v) is 10.1. The van der Waals surface area contributed by atoms with Crippen molar-refractivity contribution in [3.8, 4) is 11.5 Å². The predicted molar refractivity (Wildman–Crippen MR) is 115 cm³/mol. The molecule has 2 heterocycles. The van der Waals surface area contributed by atoms with Crippen molar-refractivity contribution in [1.82, 2.24) is 4.90 Å². The van der Waals surface area contributed by atoms with Crippen molar-refractivity contribution in [2.75, 3.05) is 19.0 Å². The van der Waals surface area contributed by atoms with Crippen LogP contribution in [0.4, 0.5) is 5.69 Å². The van der Waals surface area contributed by atoms with Gasteiger partial charge in [-0.15, -0.1) is 0 Å². The van der Waals surface area contributed by atoms with Gasteiger partial charge < -0.3 is 24.1 Å². The van der Waals surface area contributed by atoms with Crippen LogP contribution in [0.25, 0.3) is 0 Å². The number of benzene rings is 2. The second-order valence-corrected chi connectivity index (χ2v) is 7.52. The van der Waals surface area contributed by atoms with Gasteiger partial charge in [-0.05, 0) is 48.0 Å². The minimum atomic E-state index is -0.734. The summed E-state index contributed by atoms with van der Waals surface area (Å²) in [6.45, 7) is -0.0311. The molecule has 0 saturated carbocycles. The van der Waals surface area contributed by atoms with Crippen molar-refractivity contribution >= 4 is 29.1 Å². The van der Waals surface area contributed by atoms with Crippen molar-refractivity contribution in [3.63, 3.8) is 0 Å². The Morgan fingerprint density at radius 3 is 2.81 bits per heavy atom. The van der Waals surface area contributed by atoms with Gasteiger partial charge in [-0.25, -0.2) is 0 Å². The molecule has 3 aromatic rings. The lowest BCUT2D eigenvalue weighted by atomic mass is 10.1. The number of halogens is 1. The van der Waals surface area contributed by atoms with E-state index in [1.54, 1.807) is 48.5 Å². The van der Waals surface area contributed by atoms with E-state index in [0.29, 0.717) is 34.4 Å². The van der Waals surface area contributed by atoms with Gasteiger partial charge in [0.15, 0.2) is 6.10 Å². The molecule has 7 nitrogen and oxygen atoms in total. The third-order valence-electron chi connectivity index (χ3n) is 4.93. The van der Waals surface area contributed by atoms with Gasteiger partial charge in [0.05, 0.1) is 25.6 Å². The monoisotopic (exact) mass is 440 g/mol. The van der Waals surface area contributed by atoms with Crippen molar-refractivity contribution in [2.24, 2.45) is 0 Å². The standard InChI is InChI=1S/C23H21ClN2O5/c1-29-20-7-3-2-6-18(20)25-22(27)14-26(13-17-5-4-10-30-17)23(28)21-12-15-11-16(24)8-9-19(15)31-21/h2-11,21H,12-14H2,1H3,(H,25,27)/t21-/m0/s1. The van der Waals surface area contributed by atoms with Crippen LogP contribution in [0.5, 0.6) is 11.5 Å². The van der Waals surface area contributed by atoms with Gasteiger partial charge in [0, 0.05) is 11.4 Å². The van der Waals surface area contributed by atoms with Crippen LogP contribution in [0, 0.1) is 0 Å². The normalized spacial score (nSPS) is 14.5. The number of fused-ring (bicyclic) bond motifs is 1. The number of nitrogens with zero attached hydrogens (tertiary/aromatic N) is 1. The summed E-state index contributed by atoms with van der Waals surface area (Å²) in [5, 5.41) is 3.38. The minimum Gasteiger partial charge on any atom is -0.495 e. The molecule has 1 aliphatic rings. The zero-order valence-electron chi connectivity index (χ0n) is 16.8. The van der Waals surface area contributed by atoms with Crippen LogP contribution in [0.1, 0.15) is 11.3 Å². The number of hydrogen-bond donors (Lipinski definition) is 1. The summed E-state index contributed by atoms with van der Waals surface area (Å²) in [7, 11) is 1.53. The lowest BCUT2D eigenvalue weighted by Crippen LogP contribution is -2.44. The molecule has 0 unspecified atom stereocenters. The van der Waals surface area contributed by atoms with Gasteiger partial charge in [-0.3, -0.25) is 9.59 Å². The molecule has 4 rings (SSSR count). The summed E-state index contributed by atoms with van der Waals surface area (Å²) in [6, 6.07) is 15.8. The number of rotatable bonds is 7. The third-order valence-corrected chi connectivity index (χ3v) is 5.16. The predicted octanol–water partition coefficient (Wildman–Crippen LogP) is 3.91. The largest absolute Gasteiger partial charge is 0.495 e. The fourth-order valence-corrected chi connectivity index (χ4v) is 3.67. The van der Waals surface area contributed by atoms with Crippen molar-refractivity contribution in [3.05, 3.63) is 77.2 Å².